The second kappa shape index (κ2) is 16.6. The molecule has 1 aromatic rings. The van der Waals surface area contributed by atoms with E-state index >= 15 is 0 Å². The molecule has 1 aliphatic rings. The molecule has 0 bridgehead atoms. The molecule has 1 fully saturated rings. The van der Waals surface area contributed by atoms with Gasteiger partial charge in [0, 0.05) is 32.7 Å². The summed E-state index contributed by atoms with van der Waals surface area (Å²) in [5.74, 6) is 1.86. The Hall–Kier alpha value is -1.06. The Kier molecular flexibility index (Phi) is 14.0. The van der Waals surface area contributed by atoms with Gasteiger partial charge in [-0.2, -0.15) is 0 Å². The van der Waals surface area contributed by atoms with Crippen molar-refractivity contribution in [3.63, 3.8) is 0 Å². The van der Waals surface area contributed by atoms with Crippen LogP contribution in [0.2, 0.25) is 0 Å². The van der Waals surface area contributed by atoms with Crippen molar-refractivity contribution >= 4 is 0 Å². The minimum absolute atomic E-state index is 0.833. The van der Waals surface area contributed by atoms with Crippen LogP contribution in [0.5, 0.6) is 5.75 Å². The summed E-state index contributed by atoms with van der Waals surface area (Å²) >= 11 is 0. The lowest BCUT2D eigenvalue weighted by atomic mass is 9.98. The Labute approximate surface area is 193 Å². The third kappa shape index (κ3) is 11.9. The fraction of sp³-hybridized carbons (Fsp3) is 0.786. The second-order valence-electron chi connectivity index (χ2n) is 9.77. The lowest BCUT2D eigenvalue weighted by molar-refractivity contribution is 0.125. The fourth-order valence-electron chi connectivity index (χ4n) is 4.57. The van der Waals surface area contributed by atoms with Crippen LogP contribution in [0.25, 0.3) is 0 Å². The summed E-state index contributed by atoms with van der Waals surface area (Å²) in [5, 5.41) is 0. The molecule has 1 atom stereocenters. The molecule has 0 aromatic heterocycles. The number of ether oxygens (including phenoxy) is 1. The molecule has 1 heterocycles. The first kappa shape index (κ1) is 26.2. The van der Waals surface area contributed by atoms with Crippen molar-refractivity contribution in [1.29, 1.82) is 0 Å². The quantitative estimate of drug-likeness (QED) is 0.244. The van der Waals surface area contributed by atoms with E-state index < -0.39 is 0 Å². The fourth-order valence-corrected chi connectivity index (χ4v) is 4.57. The molecule has 0 saturated carbocycles. The average Bonchev–Trinajstić information content (AvgIpc) is 2.79. The second-order valence-corrected chi connectivity index (χ2v) is 9.77. The molecule has 1 aliphatic heterocycles. The highest BCUT2D eigenvalue weighted by molar-refractivity contribution is 5.27. The van der Waals surface area contributed by atoms with E-state index in [1.54, 1.807) is 0 Å². The maximum Gasteiger partial charge on any atom is 0.119 e. The van der Waals surface area contributed by atoms with Crippen LogP contribution in [0.15, 0.2) is 24.3 Å². The minimum atomic E-state index is 0.833. The highest BCUT2D eigenvalue weighted by atomic mass is 16.5. The topological polar surface area (TPSA) is 15.7 Å². The average molecular weight is 431 g/mol. The maximum absolute atomic E-state index is 5.99. The Bertz CT molecular complexity index is 536. The van der Waals surface area contributed by atoms with Crippen LogP contribution in [0.1, 0.15) is 97.0 Å². The van der Waals surface area contributed by atoms with E-state index in [0.717, 1.165) is 24.8 Å². The third-order valence-corrected chi connectivity index (χ3v) is 6.78. The molecule has 31 heavy (non-hydrogen) atoms. The smallest absolute Gasteiger partial charge is 0.119 e. The standard InChI is InChI=1S/C28H50N2O/c1-4-6-8-10-13-26(3)14-12-24-31-28-17-15-27(16-18-28)25-30-22-20-29(21-23-30)19-11-9-7-5-2/h15-18,26H,4-14,19-25H2,1-3H3. The van der Waals surface area contributed by atoms with Gasteiger partial charge in [0.05, 0.1) is 6.61 Å². The van der Waals surface area contributed by atoms with Gasteiger partial charge in [-0.25, -0.2) is 0 Å². The van der Waals surface area contributed by atoms with Crippen molar-refractivity contribution in [3.05, 3.63) is 29.8 Å². The van der Waals surface area contributed by atoms with Crippen LogP contribution >= 0.6 is 0 Å². The van der Waals surface area contributed by atoms with Crippen LogP contribution in [-0.2, 0) is 6.54 Å². The molecule has 178 valence electrons. The van der Waals surface area contributed by atoms with E-state index in [2.05, 4.69) is 54.8 Å². The number of nitrogens with zero attached hydrogens (tertiary/aromatic N) is 2. The van der Waals surface area contributed by atoms with Crippen molar-refractivity contribution < 1.29 is 4.74 Å². The largest absolute Gasteiger partial charge is 0.494 e. The van der Waals surface area contributed by atoms with E-state index in [1.165, 1.54) is 109 Å². The molecular formula is C28H50N2O. The Morgan fingerprint density at radius 3 is 2.03 bits per heavy atom. The summed E-state index contributed by atoms with van der Waals surface area (Å²) in [6.07, 6.45) is 14.8. The van der Waals surface area contributed by atoms with Gasteiger partial charge in [-0.3, -0.25) is 4.90 Å². The summed E-state index contributed by atoms with van der Waals surface area (Å²) in [6.45, 7) is 15.0. The predicted octanol–water partition coefficient (Wildman–Crippen LogP) is 7.15. The van der Waals surface area contributed by atoms with Gasteiger partial charge in [-0.1, -0.05) is 84.3 Å². The van der Waals surface area contributed by atoms with E-state index in [1.807, 2.05) is 0 Å². The van der Waals surface area contributed by atoms with Crippen LogP contribution in [0, 0.1) is 5.92 Å². The monoisotopic (exact) mass is 430 g/mol. The summed E-state index contributed by atoms with van der Waals surface area (Å²) < 4.78 is 5.99. The molecule has 0 spiro atoms. The molecule has 3 nitrogen and oxygen atoms in total. The summed E-state index contributed by atoms with van der Waals surface area (Å²) in [5.41, 5.74) is 1.41. The molecular weight excluding hydrogens is 380 g/mol. The van der Waals surface area contributed by atoms with E-state index in [4.69, 9.17) is 4.74 Å². The third-order valence-electron chi connectivity index (χ3n) is 6.78. The zero-order chi connectivity index (χ0) is 22.2. The first-order valence-electron chi connectivity index (χ1n) is 13.4. The molecule has 0 radical (unpaired) electrons. The molecule has 1 unspecified atom stereocenters. The van der Waals surface area contributed by atoms with E-state index in [0.29, 0.717) is 0 Å². The predicted molar refractivity (Wildman–Crippen MR) is 135 cm³/mol. The van der Waals surface area contributed by atoms with Crippen LogP contribution < -0.4 is 4.74 Å². The molecule has 0 aliphatic carbocycles. The van der Waals surface area contributed by atoms with Gasteiger partial charge >= 0.3 is 0 Å². The van der Waals surface area contributed by atoms with Gasteiger partial charge in [-0.15, -0.1) is 0 Å². The van der Waals surface area contributed by atoms with Gasteiger partial charge in [0.1, 0.15) is 5.75 Å². The summed E-state index contributed by atoms with van der Waals surface area (Å²) in [7, 11) is 0. The normalized spacial score (nSPS) is 16.5. The summed E-state index contributed by atoms with van der Waals surface area (Å²) in [4.78, 5) is 5.25. The lowest BCUT2D eigenvalue weighted by Crippen LogP contribution is -2.46. The SMILES string of the molecule is CCCCCCC(C)CCCOc1ccc(CN2CCN(CCCCCC)CC2)cc1. The number of hydrogen-bond donors (Lipinski definition) is 0. The van der Waals surface area contributed by atoms with Crippen molar-refractivity contribution in [3.8, 4) is 5.75 Å². The number of unbranched alkanes of at least 4 members (excludes halogenated alkanes) is 6. The van der Waals surface area contributed by atoms with Crippen LogP contribution in [-0.4, -0.2) is 49.1 Å². The Morgan fingerprint density at radius 2 is 1.35 bits per heavy atom. The minimum Gasteiger partial charge on any atom is -0.494 e. The van der Waals surface area contributed by atoms with Crippen molar-refractivity contribution in [2.24, 2.45) is 5.92 Å². The molecule has 2 rings (SSSR count). The number of rotatable bonds is 17. The lowest BCUT2D eigenvalue weighted by Gasteiger charge is -2.34. The highest BCUT2D eigenvalue weighted by Gasteiger charge is 2.16. The number of hydrogen-bond acceptors (Lipinski definition) is 3. The van der Waals surface area contributed by atoms with Gasteiger partial charge in [0.15, 0.2) is 0 Å². The van der Waals surface area contributed by atoms with Crippen LogP contribution in [0.4, 0.5) is 0 Å². The highest BCUT2D eigenvalue weighted by Crippen LogP contribution is 2.18. The van der Waals surface area contributed by atoms with Gasteiger partial charge in [0.25, 0.3) is 0 Å². The molecule has 3 heteroatoms. The maximum atomic E-state index is 5.99. The molecule has 0 amide bonds. The zero-order valence-corrected chi connectivity index (χ0v) is 20.9. The van der Waals surface area contributed by atoms with Gasteiger partial charge in [0.2, 0.25) is 0 Å². The van der Waals surface area contributed by atoms with Crippen molar-refractivity contribution in [2.45, 2.75) is 97.9 Å². The van der Waals surface area contributed by atoms with E-state index in [9.17, 15) is 0 Å². The molecule has 1 aromatic carbocycles. The van der Waals surface area contributed by atoms with Gasteiger partial charge in [-0.05, 0) is 49.4 Å². The molecule has 0 N–H and O–H groups in total. The zero-order valence-electron chi connectivity index (χ0n) is 20.9. The van der Waals surface area contributed by atoms with Crippen LogP contribution in [0.3, 0.4) is 0 Å². The van der Waals surface area contributed by atoms with Gasteiger partial charge < -0.3 is 9.64 Å². The van der Waals surface area contributed by atoms with E-state index in [-0.39, 0.29) is 0 Å². The van der Waals surface area contributed by atoms with Crippen molar-refractivity contribution in [2.75, 3.05) is 39.3 Å². The first-order valence-corrected chi connectivity index (χ1v) is 13.4. The first-order chi connectivity index (χ1) is 15.2. The Morgan fingerprint density at radius 1 is 0.742 bits per heavy atom. The summed E-state index contributed by atoms with van der Waals surface area (Å²) in [6, 6.07) is 8.83. The Balaban J connectivity index is 1.55. The molecule has 1 saturated heterocycles. The number of benzene rings is 1. The van der Waals surface area contributed by atoms with Crippen molar-refractivity contribution in [1.82, 2.24) is 9.80 Å². The number of piperazine rings is 1.